The Labute approximate surface area is 123 Å². The second kappa shape index (κ2) is 6.73. The molecule has 0 aromatic heterocycles. The lowest BCUT2D eigenvalue weighted by molar-refractivity contribution is 0.160. The molecule has 2 unspecified atom stereocenters. The molecule has 3 N–H and O–H groups in total. The van der Waals surface area contributed by atoms with Gasteiger partial charge in [-0.3, -0.25) is 4.90 Å². The molecule has 0 amide bonds. The normalized spacial score (nSPS) is 23.2. The number of phenolic OH excluding ortho intramolecular Hbond substituents is 1. The van der Waals surface area contributed by atoms with Gasteiger partial charge in [0.1, 0.15) is 5.75 Å². The highest BCUT2D eigenvalue weighted by atomic mass is 79.9. The molecule has 2 rings (SSSR count). The van der Waals surface area contributed by atoms with E-state index in [1.807, 2.05) is 12.1 Å². The number of rotatable bonds is 5. The molecule has 106 valence electrons. The lowest BCUT2D eigenvalue weighted by atomic mass is 10.0. The van der Waals surface area contributed by atoms with Crippen LogP contribution in [0.15, 0.2) is 22.7 Å². The van der Waals surface area contributed by atoms with Crippen molar-refractivity contribution < 1.29 is 5.11 Å². The summed E-state index contributed by atoms with van der Waals surface area (Å²) in [4.78, 5) is 2.45. The first-order valence-electron chi connectivity index (χ1n) is 7.07. The molecule has 2 atom stereocenters. The summed E-state index contributed by atoms with van der Waals surface area (Å²) < 4.78 is 1.01. The molecule has 0 bridgehead atoms. The molecule has 1 aliphatic rings. The van der Waals surface area contributed by atoms with Gasteiger partial charge in [-0.05, 0) is 50.0 Å². The van der Waals surface area contributed by atoms with Gasteiger partial charge < -0.3 is 10.8 Å². The molecule has 1 aromatic carbocycles. The Morgan fingerprint density at radius 2 is 2.21 bits per heavy atom. The second-order valence-corrected chi connectivity index (χ2v) is 6.25. The maximum absolute atomic E-state index is 9.97. The van der Waals surface area contributed by atoms with Crippen molar-refractivity contribution in [2.75, 3.05) is 13.1 Å². The van der Waals surface area contributed by atoms with Gasteiger partial charge in [-0.2, -0.15) is 0 Å². The molecule has 4 heteroatoms. The van der Waals surface area contributed by atoms with Crippen molar-refractivity contribution >= 4 is 15.9 Å². The fraction of sp³-hybridized carbons (Fsp3) is 0.600. The minimum atomic E-state index is 0.379. The fourth-order valence-corrected chi connectivity index (χ4v) is 3.54. The molecular formula is C15H23BrN2O. The largest absolute Gasteiger partial charge is 0.508 e. The van der Waals surface area contributed by atoms with Crippen LogP contribution in [0.3, 0.4) is 0 Å². The topological polar surface area (TPSA) is 49.5 Å². The van der Waals surface area contributed by atoms with E-state index < -0.39 is 0 Å². The van der Waals surface area contributed by atoms with Crippen molar-refractivity contribution in [1.29, 1.82) is 0 Å². The number of benzene rings is 1. The molecule has 1 aliphatic carbocycles. The number of nitrogens with zero attached hydrogens (tertiary/aromatic N) is 1. The fourth-order valence-electron chi connectivity index (χ4n) is 3.14. The highest BCUT2D eigenvalue weighted by molar-refractivity contribution is 9.10. The monoisotopic (exact) mass is 326 g/mol. The van der Waals surface area contributed by atoms with E-state index in [1.165, 1.54) is 19.3 Å². The van der Waals surface area contributed by atoms with E-state index in [1.54, 1.807) is 6.07 Å². The molecule has 0 radical (unpaired) electrons. The van der Waals surface area contributed by atoms with Crippen molar-refractivity contribution in [3.05, 3.63) is 28.2 Å². The quantitative estimate of drug-likeness (QED) is 0.874. The van der Waals surface area contributed by atoms with E-state index >= 15 is 0 Å². The van der Waals surface area contributed by atoms with Crippen molar-refractivity contribution in [1.82, 2.24) is 4.90 Å². The summed E-state index contributed by atoms with van der Waals surface area (Å²) in [6.07, 6.45) is 3.74. The average Bonchev–Trinajstić information content (AvgIpc) is 2.88. The molecule has 3 nitrogen and oxygen atoms in total. The lowest BCUT2D eigenvalue weighted by Gasteiger charge is -2.32. The smallest absolute Gasteiger partial charge is 0.120 e. The van der Waals surface area contributed by atoms with Gasteiger partial charge in [0, 0.05) is 22.6 Å². The van der Waals surface area contributed by atoms with Gasteiger partial charge in [0.25, 0.3) is 0 Å². The Hall–Kier alpha value is -0.580. The van der Waals surface area contributed by atoms with Crippen molar-refractivity contribution in [2.24, 2.45) is 11.7 Å². The zero-order valence-electron chi connectivity index (χ0n) is 11.5. The SMILES string of the molecule is CCN(Cc1cc(Br)ccc1O)C1CCCC1CN. The molecular weight excluding hydrogens is 304 g/mol. The van der Waals surface area contributed by atoms with Crippen molar-refractivity contribution in [3.63, 3.8) is 0 Å². The minimum Gasteiger partial charge on any atom is -0.508 e. The van der Waals surface area contributed by atoms with Gasteiger partial charge in [-0.25, -0.2) is 0 Å². The third-order valence-corrected chi connectivity index (χ3v) is 4.71. The maximum atomic E-state index is 9.97. The minimum absolute atomic E-state index is 0.379. The van der Waals surface area contributed by atoms with E-state index in [0.717, 1.165) is 29.7 Å². The summed E-state index contributed by atoms with van der Waals surface area (Å²) in [5.41, 5.74) is 6.87. The van der Waals surface area contributed by atoms with E-state index in [4.69, 9.17) is 5.73 Å². The Balaban J connectivity index is 2.12. The van der Waals surface area contributed by atoms with Crippen LogP contribution in [0.25, 0.3) is 0 Å². The zero-order valence-corrected chi connectivity index (χ0v) is 13.1. The van der Waals surface area contributed by atoms with Crippen LogP contribution in [0.2, 0.25) is 0 Å². The van der Waals surface area contributed by atoms with E-state index in [2.05, 4.69) is 27.8 Å². The second-order valence-electron chi connectivity index (χ2n) is 5.33. The summed E-state index contributed by atoms with van der Waals surface area (Å²) in [5.74, 6) is 0.984. The first-order valence-corrected chi connectivity index (χ1v) is 7.86. The molecule has 1 aromatic rings. The summed E-state index contributed by atoms with van der Waals surface area (Å²) >= 11 is 3.47. The van der Waals surface area contributed by atoms with Crippen LogP contribution < -0.4 is 5.73 Å². The van der Waals surface area contributed by atoms with Crippen molar-refractivity contribution in [3.8, 4) is 5.75 Å². The van der Waals surface area contributed by atoms with Gasteiger partial charge >= 0.3 is 0 Å². The van der Waals surface area contributed by atoms with Crippen LogP contribution >= 0.6 is 15.9 Å². The Morgan fingerprint density at radius 3 is 2.89 bits per heavy atom. The zero-order chi connectivity index (χ0) is 13.8. The van der Waals surface area contributed by atoms with Gasteiger partial charge in [-0.15, -0.1) is 0 Å². The molecule has 1 fully saturated rings. The Bertz CT molecular complexity index is 425. The third kappa shape index (κ3) is 3.50. The van der Waals surface area contributed by atoms with Crippen LogP contribution in [0.1, 0.15) is 31.7 Å². The first-order chi connectivity index (χ1) is 9.15. The number of aromatic hydroxyl groups is 1. The molecule has 0 heterocycles. The summed E-state index contributed by atoms with van der Waals surface area (Å²) in [7, 11) is 0. The molecule has 0 aliphatic heterocycles. The molecule has 0 saturated heterocycles. The number of hydrogen-bond acceptors (Lipinski definition) is 3. The highest BCUT2D eigenvalue weighted by Crippen LogP contribution is 2.31. The Kier molecular flexibility index (Phi) is 5.25. The number of halogens is 1. The predicted octanol–water partition coefficient (Wildman–Crippen LogP) is 3.10. The first kappa shape index (κ1) is 14.8. The molecule has 0 spiro atoms. The maximum Gasteiger partial charge on any atom is 0.120 e. The summed E-state index contributed by atoms with van der Waals surface area (Å²) in [6.45, 7) is 4.74. The van der Waals surface area contributed by atoms with E-state index in [-0.39, 0.29) is 0 Å². The standard InChI is InChI=1S/C15H23BrN2O/c1-2-18(14-5-3-4-11(14)9-17)10-12-8-13(16)6-7-15(12)19/h6-8,11,14,19H,2-5,9-10,17H2,1H3. The average molecular weight is 327 g/mol. The van der Waals surface area contributed by atoms with Gasteiger partial charge in [0.05, 0.1) is 0 Å². The third-order valence-electron chi connectivity index (χ3n) is 4.21. The van der Waals surface area contributed by atoms with Gasteiger partial charge in [0.2, 0.25) is 0 Å². The number of hydrogen-bond donors (Lipinski definition) is 2. The van der Waals surface area contributed by atoms with Crippen molar-refractivity contribution in [2.45, 2.75) is 38.8 Å². The highest BCUT2D eigenvalue weighted by Gasteiger charge is 2.30. The van der Waals surface area contributed by atoms with Crippen LogP contribution in [-0.4, -0.2) is 29.1 Å². The van der Waals surface area contributed by atoms with Crippen LogP contribution in [0, 0.1) is 5.92 Å². The van der Waals surface area contributed by atoms with Crippen LogP contribution in [0.4, 0.5) is 0 Å². The van der Waals surface area contributed by atoms with Gasteiger partial charge in [0.15, 0.2) is 0 Å². The van der Waals surface area contributed by atoms with E-state index in [0.29, 0.717) is 17.7 Å². The van der Waals surface area contributed by atoms with E-state index in [9.17, 15) is 5.11 Å². The predicted molar refractivity (Wildman–Crippen MR) is 82.1 cm³/mol. The van der Waals surface area contributed by atoms with Crippen LogP contribution in [-0.2, 0) is 6.54 Å². The van der Waals surface area contributed by atoms with Crippen LogP contribution in [0.5, 0.6) is 5.75 Å². The summed E-state index contributed by atoms with van der Waals surface area (Å²) in [5, 5.41) is 9.97. The molecule has 19 heavy (non-hydrogen) atoms. The van der Waals surface area contributed by atoms with Gasteiger partial charge in [-0.1, -0.05) is 29.3 Å². The Morgan fingerprint density at radius 1 is 1.42 bits per heavy atom. The number of nitrogens with two attached hydrogens (primary N) is 1. The lowest BCUT2D eigenvalue weighted by Crippen LogP contribution is -2.39. The number of phenols is 1. The summed E-state index contributed by atoms with van der Waals surface area (Å²) in [6, 6.07) is 6.19. The molecule has 1 saturated carbocycles.